The number of nitrogens with zero attached hydrogens (tertiary/aromatic N) is 2. The molecular formula is C21H23F3N4O2. The van der Waals surface area contributed by atoms with E-state index in [0.717, 1.165) is 23.5 Å². The molecule has 1 spiro atoms. The minimum absolute atomic E-state index is 0.180. The van der Waals surface area contributed by atoms with Gasteiger partial charge in [-0.25, -0.2) is 4.68 Å². The van der Waals surface area contributed by atoms with Crippen molar-refractivity contribution in [2.24, 2.45) is 5.92 Å². The van der Waals surface area contributed by atoms with Crippen molar-refractivity contribution in [3.8, 4) is 5.75 Å². The Morgan fingerprint density at radius 2 is 2.00 bits per heavy atom. The van der Waals surface area contributed by atoms with Crippen LogP contribution in [-0.4, -0.2) is 34.0 Å². The number of benzene rings is 1. The third kappa shape index (κ3) is 3.61. The molecule has 1 aliphatic heterocycles. The molecule has 160 valence electrons. The van der Waals surface area contributed by atoms with E-state index in [1.165, 1.54) is 12.8 Å². The molecule has 2 aromatic rings. The number of aryl methyl sites for hydroxylation is 1. The Morgan fingerprint density at radius 1 is 1.23 bits per heavy atom. The molecule has 0 radical (unpaired) electrons. The lowest BCUT2D eigenvalue weighted by Crippen LogP contribution is -2.54. The second-order valence-electron chi connectivity index (χ2n) is 8.76. The fourth-order valence-corrected chi connectivity index (χ4v) is 4.65. The second-order valence-corrected chi connectivity index (χ2v) is 8.76. The molecule has 9 heteroatoms. The van der Waals surface area contributed by atoms with E-state index >= 15 is 0 Å². The van der Waals surface area contributed by atoms with Crippen LogP contribution < -0.4 is 15.8 Å². The molecule has 3 aliphatic rings. The molecule has 5 rings (SSSR count). The van der Waals surface area contributed by atoms with Crippen LogP contribution in [0.4, 0.5) is 19.0 Å². The smallest absolute Gasteiger partial charge is 0.422 e. The number of anilines is 1. The molecular weight excluding hydrogens is 397 g/mol. The van der Waals surface area contributed by atoms with Gasteiger partial charge in [0.05, 0.1) is 11.2 Å². The zero-order valence-corrected chi connectivity index (χ0v) is 16.4. The molecule has 6 nitrogen and oxygen atoms in total. The van der Waals surface area contributed by atoms with E-state index in [2.05, 4.69) is 10.4 Å². The van der Waals surface area contributed by atoms with Crippen LogP contribution in [0.1, 0.15) is 46.4 Å². The van der Waals surface area contributed by atoms with E-state index in [1.54, 1.807) is 22.9 Å². The average Bonchev–Trinajstić information content (AvgIpc) is 3.35. The van der Waals surface area contributed by atoms with Crippen LogP contribution in [0, 0.1) is 5.92 Å². The third-order valence-corrected chi connectivity index (χ3v) is 6.26. The van der Waals surface area contributed by atoms with Gasteiger partial charge in [-0.1, -0.05) is 18.9 Å². The number of carbonyl (C=O) groups is 1. The highest BCUT2D eigenvalue weighted by molar-refractivity contribution is 6.01. The van der Waals surface area contributed by atoms with Crippen LogP contribution in [0.3, 0.4) is 0 Å². The summed E-state index contributed by atoms with van der Waals surface area (Å²) in [5, 5.41) is 7.75. The highest BCUT2D eigenvalue weighted by atomic mass is 19.4. The molecule has 1 amide bonds. The number of amides is 1. The normalized spacial score (nSPS) is 22.7. The maximum absolute atomic E-state index is 12.9. The molecule has 1 saturated carbocycles. The number of nitrogens with one attached hydrogen (secondary N) is 1. The standard InChI is InChI=1S/C21H23F3N4O2/c22-21(23,24)11-30-15-4-3-13-8-20(9-14(13)7-15)10-16-17(19(29)26-20)18(25)28(27-16)6-5-12-1-2-12/h3-4,7,12H,1-2,5-6,8-11,25H2,(H,26,29). The summed E-state index contributed by atoms with van der Waals surface area (Å²) in [6, 6.07) is 4.96. The van der Waals surface area contributed by atoms with Gasteiger partial charge >= 0.3 is 6.18 Å². The number of rotatable bonds is 5. The van der Waals surface area contributed by atoms with Gasteiger partial charge in [0.2, 0.25) is 0 Å². The molecule has 0 saturated heterocycles. The monoisotopic (exact) mass is 420 g/mol. The van der Waals surface area contributed by atoms with E-state index in [4.69, 9.17) is 10.5 Å². The van der Waals surface area contributed by atoms with Gasteiger partial charge in [0.1, 0.15) is 17.1 Å². The summed E-state index contributed by atoms with van der Waals surface area (Å²) in [6.45, 7) is -0.613. The summed E-state index contributed by atoms with van der Waals surface area (Å²) in [7, 11) is 0. The third-order valence-electron chi connectivity index (χ3n) is 6.26. The number of fused-ring (bicyclic) bond motifs is 2. The van der Waals surface area contributed by atoms with Crippen molar-refractivity contribution in [2.75, 3.05) is 12.3 Å². The highest BCUT2D eigenvalue weighted by Gasteiger charge is 2.45. The second kappa shape index (κ2) is 6.65. The van der Waals surface area contributed by atoms with Crippen LogP contribution in [0.15, 0.2) is 18.2 Å². The maximum Gasteiger partial charge on any atom is 0.422 e. The van der Waals surface area contributed by atoms with E-state index in [0.29, 0.717) is 42.9 Å². The number of ether oxygens (including phenoxy) is 1. The van der Waals surface area contributed by atoms with E-state index in [-0.39, 0.29) is 11.7 Å². The van der Waals surface area contributed by atoms with Crippen LogP contribution in [0.2, 0.25) is 0 Å². The predicted octanol–water partition coefficient (Wildman–Crippen LogP) is 3.03. The molecule has 1 aromatic carbocycles. The molecule has 3 N–H and O–H groups in total. The van der Waals surface area contributed by atoms with Gasteiger partial charge in [-0.2, -0.15) is 18.3 Å². The molecule has 1 fully saturated rings. The summed E-state index contributed by atoms with van der Waals surface area (Å²) in [5.74, 6) is 1.10. The van der Waals surface area contributed by atoms with Crippen molar-refractivity contribution < 1.29 is 22.7 Å². The van der Waals surface area contributed by atoms with Gasteiger partial charge in [-0.3, -0.25) is 4.79 Å². The maximum atomic E-state index is 12.9. The predicted molar refractivity (Wildman–Crippen MR) is 103 cm³/mol. The van der Waals surface area contributed by atoms with Crippen molar-refractivity contribution in [3.05, 3.63) is 40.6 Å². The van der Waals surface area contributed by atoms with Crippen molar-refractivity contribution in [1.29, 1.82) is 0 Å². The minimum atomic E-state index is -4.38. The first kappa shape index (κ1) is 19.3. The van der Waals surface area contributed by atoms with E-state index < -0.39 is 18.3 Å². The Morgan fingerprint density at radius 3 is 2.73 bits per heavy atom. The van der Waals surface area contributed by atoms with Gasteiger partial charge in [0.15, 0.2) is 6.61 Å². The number of aromatic nitrogens is 2. The lowest BCUT2D eigenvalue weighted by Gasteiger charge is -2.33. The van der Waals surface area contributed by atoms with Gasteiger partial charge in [0, 0.05) is 13.0 Å². The molecule has 1 unspecified atom stereocenters. The van der Waals surface area contributed by atoms with Crippen LogP contribution >= 0.6 is 0 Å². The first-order chi connectivity index (χ1) is 14.2. The summed E-state index contributed by atoms with van der Waals surface area (Å²) in [5.41, 5.74) is 8.73. The Hall–Kier alpha value is -2.71. The Balaban J connectivity index is 1.34. The Bertz CT molecular complexity index is 1010. The SMILES string of the molecule is Nc1c2c(nn1CCC1CC1)CC1(Cc3ccc(OCC(F)(F)F)cc3C1)NC2=O. The minimum Gasteiger partial charge on any atom is -0.484 e. The zero-order chi connectivity index (χ0) is 21.1. The van der Waals surface area contributed by atoms with Crippen LogP contribution in [0.25, 0.3) is 0 Å². The van der Waals surface area contributed by atoms with Gasteiger partial charge in [-0.05, 0) is 48.4 Å². The number of alkyl halides is 3. The first-order valence-corrected chi connectivity index (χ1v) is 10.2. The molecule has 1 aromatic heterocycles. The molecule has 1 atom stereocenters. The fourth-order valence-electron chi connectivity index (χ4n) is 4.65. The summed E-state index contributed by atoms with van der Waals surface area (Å²) in [6.07, 6.45) is 0.792. The number of halogens is 3. The van der Waals surface area contributed by atoms with E-state index in [9.17, 15) is 18.0 Å². The van der Waals surface area contributed by atoms with E-state index in [1.807, 2.05) is 0 Å². The average molecular weight is 420 g/mol. The number of nitrogens with two attached hydrogens (primary N) is 1. The van der Waals surface area contributed by atoms with Crippen LogP contribution in [-0.2, 0) is 25.8 Å². The lowest BCUT2D eigenvalue weighted by atomic mass is 9.85. The van der Waals surface area contributed by atoms with Crippen molar-refractivity contribution in [1.82, 2.24) is 15.1 Å². The van der Waals surface area contributed by atoms with Crippen molar-refractivity contribution in [2.45, 2.75) is 56.8 Å². The Labute approximate surface area is 171 Å². The summed E-state index contributed by atoms with van der Waals surface area (Å²) in [4.78, 5) is 12.9. The summed E-state index contributed by atoms with van der Waals surface area (Å²) >= 11 is 0. The van der Waals surface area contributed by atoms with Gasteiger partial charge in [-0.15, -0.1) is 0 Å². The molecule has 2 heterocycles. The zero-order valence-electron chi connectivity index (χ0n) is 16.4. The number of nitrogen functional groups attached to an aromatic ring is 1. The fraction of sp³-hybridized carbons (Fsp3) is 0.524. The molecule has 2 aliphatic carbocycles. The number of hydrogen-bond donors (Lipinski definition) is 2. The van der Waals surface area contributed by atoms with Crippen molar-refractivity contribution in [3.63, 3.8) is 0 Å². The van der Waals surface area contributed by atoms with Gasteiger partial charge in [0.25, 0.3) is 5.91 Å². The first-order valence-electron chi connectivity index (χ1n) is 10.2. The topological polar surface area (TPSA) is 82.2 Å². The van der Waals surface area contributed by atoms with Gasteiger partial charge < -0.3 is 15.8 Å². The van der Waals surface area contributed by atoms with Crippen LogP contribution in [0.5, 0.6) is 5.75 Å². The number of carbonyl (C=O) groups excluding carboxylic acids is 1. The summed E-state index contributed by atoms with van der Waals surface area (Å²) < 4.78 is 43.9. The largest absolute Gasteiger partial charge is 0.484 e. The Kier molecular flexibility index (Phi) is 4.27. The quantitative estimate of drug-likeness (QED) is 0.779. The highest BCUT2D eigenvalue weighted by Crippen LogP contribution is 2.39. The lowest BCUT2D eigenvalue weighted by molar-refractivity contribution is -0.153. The molecule has 0 bridgehead atoms. The number of hydrogen-bond acceptors (Lipinski definition) is 4. The molecule has 30 heavy (non-hydrogen) atoms. The van der Waals surface area contributed by atoms with Crippen molar-refractivity contribution >= 4 is 11.7 Å².